The third-order valence-electron chi connectivity index (χ3n) is 11.1. The van der Waals surface area contributed by atoms with Crippen molar-refractivity contribution in [1.29, 1.82) is 0 Å². The molecule has 1 radical (unpaired) electrons. The van der Waals surface area contributed by atoms with Crippen LogP contribution in [-0.2, 0) is 51.9 Å². The van der Waals surface area contributed by atoms with Crippen LogP contribution in [0.3, 0.4) is 0 Å². The van der Waals surface area contributed by atoms with Crippen molar-refractivity contribution in [2.45, 2.75) is 174 Å². The van der Waals surface area contributed by atoms with E-state index in [0.29, 0.717) is 25.7 Å². The standard InChI is InChI=1S/C45H83N4O15P.Gd.Na/c1-3-5-7-9-11-13-15-17-19-24-44(57)61-36-39(64-45(58)25-20-18-16-14-12-10-8-6-4-2)37-63-65(59,60)62-30-26-46-40(50)23-21-22-27-49(35-43(55)56)38-31-47(33-41(51)52)28-29-48(32-38)34-42(53)54;;/h38-39H,3-37H2,1-2H3,(H,46,50)(H,51,52)(H,53,54)(H,55,56)(H,59,60);;/q;+3;+1/p-4. The summed E-state index contributed by atoms with van der Waals surface area (Å²) in [6, 6.07) is -0.568. The molecule has 383 valence electrons. The zero-order chi connectivity index (χ0) is 48.1. The Balaban J connectivity index is 0. The summed E-state index contributed by atoms with van der Waals surface area (Å²) < 4.78 is 33.3. The maximum Gasteiger partial charge on any atom is 3.00 e. The first kappa shape index (κ1) is 68.2. The Labute approximate surface area is 453 Å². The van der Waals surface area contributed by atoms with Gasteiger partial charge in [0.15, 0.2) is 6.10 Å². The summed E-state index contributed by atoms with van der Waals surface area (Å²) in [5.74, 6) is -5.51. The van der Waals surface area contributed by atoms with E-state index in [0.717, 1.165) is 44.9 Å². The number of carboxylic acids is 3. The number of esters is 2. The molecule has 1 amide bonds. The summed E-state index contributed by atoms with van der Waals surface area (Å²) in [4.78, 5) is 89.1. The van der Waals surface area contributed by atoms with Crippen molar-refractivity contribution < 1.29 is 142 Å². The van der Waals surface area contributed by atoms with Crippen LogP contribution < -0.4 is 55.1 Å². The second-order valence-corrected chi connectivity index (χ2v) is 18.5. The van der Waals surface area contributed by atoms with E-state index in [2.05, 4.69) is 19.2 Å². The molecule has 1 N–H and O–H groups in total. The first-order valence-electron chi connectivity index (χ1n) is 24.1. The molecule has 22 heteroatoms. The van der Waals surface area contributed by atoms with Gasteiger partial charge in [-0.3, -0.25) is 33.6 Å². The Morgan fingerprint density at radius 2 is 1.10 bits per heavy atom. The van der Waals surface area contributed by atoms with Crippen LogP contribution in [0.5, 0.6) is 0 Å². The fourth-order valence-corrected chi connectivity index (χ4v) is 8.32. The number of aliphatic carboxylic acids is 3. The van der Waals surface area contributed by atoms with Crippen molar-refractivity contribution in [1.82, 2.24) is 20.0 Å². The van der Waals surface area contributed by atoms with Gasteiger partial charge in [-0.15, -0.1) is 0 Å². The van der Waals surface area contributed by atoms with E-state index in [-0.39, 0.29) is 135 Å². The van der Waals surface area contributed by atoms with Gasteiger partial charge in [-0.2, -0.15) is 0 Å². The third kappa shape index (κ3) is 40.4. The van der Waals surface area contributed by atoms with E-state index < -0.39 is 88.6 Å². The summed E-state index contributed by atoms with van der Waals surface area (Å²) in [7, 11) is -4.94. The molecule has 0 bridgehead atoms. The molecule has 2 atom stereocenters. The smallest absolute Gasteiger partial charge is 0.756 e. The van der Waals surface area contributed by atoms with Gasteiger partial charge in [-0.25, -0.2) is 0 Å². The number of ether oxygens (including phenoxy) is 2. The van der Waals surface area contributed by atoms with E-state index in [1.165, 1.54) is 57.8 Å². The topological polar surface area (TPSA) is 270 Å². The summed E-state index contributed by atoms with van der Waals surface area (Å²) in [5.41, 5.74) is 0. The van der Waals surface area contributed by atoms with Crippen molar-refractivity contribution in [3.63, 3.8) is 0 Å². The van der Waals surface area contributed by atoms with Crippen LogP contribution in [0.2, 0.25) is 0 Å². The minimum Gasteiger partial charge on any atom is -0.756 e. The SMILES string of the molecule is CCCCCCCCCCCC(=O)OCC(COP(=O)([O-])OCCNC(=O)CCCCN(CC(=O)[O-])C1CN(CC(=O)[O-])CCN(CC(=O)[O-])C1)OC(=O)CCCCCCCCCCC.[Gd+3].[Na+]. The molecule has 1 saturated heterocycles. The van der Waals surface area contributed by atoms with Crippen LogP contribution in [0.15, 0.2) is 0 Å². The van der Waals surface area contributed by atoms with Crippen molar-refractivity contribution in [2.75, 3.05) is 78.7 Å². The minimum absolute atomic E-state index is 0. The normalized spacial score (nSPS) is 14.8. The summed E-state index contributed by atoms with van der Waals surface area (Å²) in [5, 5.41) is 36.7. The largest absolute Gasteiger partial charge is 3.00 e. The van der Waals surface area contributed by atoms with Crippen LogP contribution in [0.25, 0.3) is 0 Å². The number of phosphoric acid groups is 1. The number of nitrogens with one attached hydrogen (secondary N) is 1. The monoisotopic (exact) mass is 1130 g/mol. The van der Waals surface area contributed by atoms with Crippen LogP contribution in [-0.4, -0.2) is 141 Å². The van der Waals surface area contributed by atoms with Crippen molar-refractivity contribution in [3.05, 3.63) is 0 Å². The molecule has 0 aromatic carbocycles. The molecule has 0 aromatic heterocycles. The number of hydrogen-bond donors (Lipinski definition) is 1. The molecule has 0 aliphatic carbocycles. The van der Waals surface area contributed by atoms with E-state index in [1.807, 2.05) is 0 Å². The number of carbonyl (C=O) groups excluding carboxylic acids is 6. The van der Waals surface area contributed by atoms with Gasteiger partial charge in [-0.1, -0.05) is 117 Å². The van der Waals surface area contributed by atoms with E-state index >= 15 is 0 Å². The van der Waals surface area contributed by atoms with Crippen molar-refractivity contribution >= 4 is 43.6 Å². The molecule has 0 aromatic rings. The Morgan fingerprint density at radius 1 is 0.642 bits per heavy atom. The number of hydrogen-bond acceptors (Lipinski definition) is 18. The Hall–Kier alpha value is -0.865. The molecular formula is C45H79GdN4NaO15P. The van der Waals surface area contributed by atoms with Gasteiger partial charge in [0.25, 0.3) is 7.82 Å². The molecule has 1 heterocycles. The molecule has 67 heavy (non-hydrogen) atoms. The first-order chi connectivity index (χ1) is 31.1. The van der Waals surface area contributed by atoms with Crippen LogP contribution in [0.1, 0.15) is 162 Å². The fraction of sp³-hybridized carbons (Fsp3) is 0.867. The summed E-state index contributed by atoms with van der Waals surface area (Å²) in [6.45, 7) is 2.24. The van der Waals surface area contributed by atoms with E-state index in [9.17, 15) is 53.5 Å². The summed E-state index contributed by atoms with van der Waals surface area (Å²) in [6.07, 6.45) is 19.1. The number of amides is 1. The molecule has 1 fully saturated rings. The molecule has 1 rings (SSSR count). The number of phosphoric ester groups is 1. The average molecular weight is 1130 g/mol. The van der Waals surface area contributed by atoms with E-state index in [4.69, 9.17) is 18.5 Å². The van der Waals surface area contributed by atoms with Crippen molar-refractivity contribution in [2.24, 2.45) is 0 Å². The molecule has 0 saturated carbocycles. The first-order valence-corrected chi connectivity index (χ1v) is 25.6. The second-order valence-electron chi connectivity index (χ2n) is 17.0. The second kappa shape index (κ2) is 43.9. The molecule has 19 nitrogen and oxygen atoms in total. The van der Waals surface area contributed by atoms with Crippen LogP contribution >= 0.6 is 7.82 Å². The predicted octanol–water partition coefficient (Wildman–Crippen LogP) is -1.39. The summed E-state index contributed by atoms with van der Waals surface area (Å²) >= 11 is 0. The Kier molecular flexibility index (Phi) is 44.7. The van der Waals surface area contributed by atoms with Gasteiger partial charge in [-0.05, 0) is 32.2 Å². The molecular weight excluding hydrogens is 1050 g/mol. The number of unbranched alkanes of at least 4 members (excludes halogenated alkanes) is 17. The third-order valence-corrected chi connectivity index (χ3v) is 12.1. The molecule has 0 spiro atoms. The van der Waals surface area contributed by atoms with Gasteiger partial charge in [0, 0.05) is 77.7 Å². The maximum absolute atomic E-state index is 12.7. The van der Waals surface area contributed by atoms with Gasteiger partial charge >= 0.3 is 81.4 Å². The molecule has 2 unspecified atom stereocenters. The van der Waals surface area contributed by atoms with Crippen molar-refractivity contribution in [3.8, 4) is 0 Å². The molecule has 1 aliphatic heterocycles. The number of carbonyl (C=O) groups is 6. The van der Waals surface area contributed by atoms with Crippen LogP contribution in [0.4, 0.5) is 0 Å². The quantitative estimate of drug-likeness (QED) is 0.0319. The Morgan fingerprint density at radius 3 is 1.58 bits per heavy atom. The zero-order valence-electron chi connectivity index (χ0n) is 40.7. The van der Waals surface area contributed by atoms with Crippen LogP contribution in [0, 0.1) is 39.9 Å². The number of nitrogens with zero attached hydrogens (tertiary/aromatic N) is 3. The van der Waals surface area contributed by atoms with Gasteiger partial charge in [0.1, 0.15) is 6.61 Å². The van der Waals surface area contributed by atoms with Gasteiger partial charge in [0.05, 0.1) is 31.1 Å². The minimum atomic E-state index is -4.94. The van der Waals surface area contributed by atoms with Gasteiger partial charge in [0.2, 0.25) is 5.91 Å². The maximum atomic E-state index is 12.7. The van der Waals surface area contributed by atoms with E-state index in [1.54, 1.807) is 14.7 Å². The molecule has 1 aliphatic rings. The Bertz CT molecular complexity index is 1380. The predicted molar refractivity (Wildman–Crippen MR) is 234 cm³/mol. The fourth-order valence-electron chi connectivity index (χ4n) is 7.59. The van der Waals surface area contributed by atoms with Gasteiger partial charge < -0.3 is 58.4 Å². The number of carboxylic acid groups (broad SMARTS) is 3. The number of rotatable bonds is 42. The zero-order valence-corrected chi connectivity index (χ0v) is 45.8. The average Bonchev–Trinajstić information content (AvgIpc) is 3.44.